The molecular weight excluding hydrogens is 388 g/mol. The molecule has 6 heteroatoms. The van der Waals surface area contributed by atoms with Crippen molar-refractivity contribution in [2.75, 3.05) is 31.0 Å². The van der Waals surface area contributed by atoms with Crippen LogP contribution in [0.4, 0.5) is 11.8 Å². The van der Waals surface area contributed by atoms with Gasteiger partial charge in [0.2, 0.25) is 5.95 Å². The van der Waals surface area contributed by atoms with Crippen LogP contribution >= 0.6 is 0 Å². The number of hydrogen-bond donors (Lipinski definition) is 1. The molecule has 1 aliphatic heterocycles. The largest absolute Gasteiger partial charge is 0.493 e. The molecule has 0 saturated heterocycles. The molecule has 2 aromatic carbocycles. The van der Waals surface area contributed by atoms with Gasteiger partial charge in [0.25, 0.3) is 0 Å². The third-order valence-electron chi connectivity index (χ3n) is 5.66. The van der Waals surface area contributed by atoms with E-state index in [4.69, 9.17) is 19.4 Å². The molecule has 0 aliphatic carbocycles. The third kappa shape index (κ3) is 4.74. The fourth-order valence-electron chi connectivity index (χ4n) is 3.85. The molecule has 1 aliphatic rings. The second kappa shape index (κ2) is 9.25. The van der Waals surface area contributed by atoms with Gasteiger partial charge in [-0.05, 0) is 41.2 Å². The molecule has 4 rings (SSSR count). The zero-order valence-electron chi connectivity index (χ0n) is 18.7. The van der Waals surface area contributed by atoms with E-state index >= 15 is 0 Å². The Morgan fingerprint density at radius 1 is 0.968 bits per heavy atom. The summed E-state index contributed by atoms with van der Waals surface area (Å²) >= 11 is 0. The van der Waals surface area contributed by atoms with Crippen molar-refractivity contribution in [3.8, 4) is 11.5 Å². The van der Waals surface area contributed by atoms with Crippen LogP contribution in [-0.2, 0) is 19.5 Å². The number of benzene rings is 2. The van der Waals surface area contributed by atoms with Crippen LogP contribution < -0.4 is 19.7 Å². The number of nitrogens with one attached hydrogen (secondary N) is 1. The highest BCUT2D eigenvalue weighted by atomic mass is 16.5. The number of nitrogens with zero attached hydrogens (tertiary/aromatic N) is 3. The van der Waals surface area contributed by atoms with E-state index in [0.717, 1.165) is 42.5 Å². The number of ether oxygens (including phenoxy) is 2. The monoisotopic (exact) mass is 418 g/mol. The Morgan fingerprint density at radius 2 is 1.68 bits per heavy atom. The first kappa shape index (κ1) is 21.0. The van der Waals surface area contributed by atoms with Gasteiger partial charge in [0.15, 0.2) is 11.5 Å². The number of hydrogen-bond acceptors (Lipinski definition) is 6. The van der Waals surface area contributed by atoms with E-state index in [1.807, 2.05) is 18.2 Å². The third-order valence-corrected chi connectivity index (χ3v) is 5.66. The Morgan fingerprint density at radius 3 is 2.35 bits per heavy atom. The van der Waals surface area contributed by atoms with Gasteiger partial charge in [0.1, 0.15) is 5.82 Å². The van der Waals surface area contributed by atoms with Crippen molar-refractivity contribution in [2.24, 2.45) is 0 Å². The minimum absolute atomic E-state index is 0.320. The molecule has 31 heavy (non-hydrogen) atoms. The molecule has 162 valence electrons. The second-order valence-electron chi connectivity index (χ2n) is 8.12. The van der Waals surface area contributed by atoms with Gasteiger partial charge in [-0.3, -0.25) is 0 Å². The predicted molar refractivity (Wildman–Crippen MR) is 124 cm³/mol. The van der Waals surface area contributed by atoms with Gasteiger partial charge in [0.05, 0.1) is 19.9 Å². The van der Waals surface area contributed by atoms with Crippen molar-refractivity contribution in [2.45, 2.75) is 39.3 Å². The highest BCUT2D eigenvalue weighted by Crippen LogP contribution is 2.34. The summed E-state index contributed by atoms with van der Waals surface area (Å²) in [6, 6.07) is 16.6. The van der Waals surface area contributed by atoms with Gasteiger partial charge in [-0.1, -0.05) is 44.2 Å². The van der Waals surface area contributed by atoms with Crippen LogP contribution in [0.5, 0.6) is 11.5 Å². The Hall–Kier alpha value is -3.28. The SMILES string of the molecule is COc1cc2c(cc1OC)CN(c1cc(C(C)C)nc(NCc3ccccc3)n1)CC2. The highest BCUT2D eigenvalue weighted by molar-refractivity contribution is 5.53. The van der Waals surface area contributed by atoms with Gasteiger partial charge in [0, 0.05) is 25.7 Å². The van der Waals surface area contributed by atoms with E-state index in [1.54, 1.807) is 14.2 Å². The molecule has 0 bridgehead atoms. The quantitative estimate of drug-likeness (QED) is 0.595. The Kier molecular flexibility index (Phi) is 6.26. The molecule has 0 atom stereocenters. The second-order valence-corrected chi connectivity index (χ2v) is 8.12. The normalized spacial score (nSPS) is 13.1. The van der Waals surface area contributed by atoms with E-state index in [2.05, 4.69) is 54.4 Å². The summed E-state index contributed by atoms with van der Waals surface area (Å²) in [6.45, 7) is 6.70. The minimum atomic E-state index is 0.320. The first-order valence-electron chi connectivity index (χ1n) is 10.7. The molecule has 0 unspecified atom stereocenters. The van der Waals surface area contributed by atoms with Crippen LogP contribution in [0.3, 0.4) is 0 Å². The topological polar surface area (TPSA) is 59.5 Å². The summed E-state index contributed by atoms with van der Waals surface area (Å²) < 4.78 is 11.0. The molecular formula is C25H30N4O2. The Balaban J connectivity index is 1.59. The fourth-order valence-corrected chi connectivity index (χ4v) is 3.85. The number of rotatable bonds is 7. The van der Waals surface area contributed by atoms with Gasteiger partial charge in [-0.25, -0.2) is 4.98 Å². The smallest absolute Gasteiger partial charge is 0.225 e. The van der Waals surface area contributed by atoms with Crippen LogP contribution in [0.25, 0.3) is 0 Å². The molecule has 6 nitrogen and oxygen atoms in total. The lowest BCUT2D eigenvalue weighted by molar-refractivity contribution is 0.353. The lowest BCUT2D eigenvalue weighted by Crippen LogP contribution is -2.31. The first-order chi connectivity index (χ1) is 15.1. The van der Waals surface area contributed by atoms with Crippen LogP contribution in [-0.4, -0.2) is 30.7 Å². The van der Waals surface area contributed by atoms with Crippen LogP contribution in [0, 0.1) is 0 Å². The molecule has 1 N–H and O–H groups in total. The summed E-state index contributed by atoms with van der Waals surface area (Å²) in [4.78, 5) is 11.9. The van der Waals surface area contributed by atoms with E-state index in [9.17, 15) is 0 Å². The van der Waals surface area contributed by atoms with Crippen LogP contribution in [0.1, 0.15) is 42.1 Å². The predicted octanol–water partition coefficient (Wildman–Crippen LogP) is 4.79. The molecule has 2 heterocycles. The summed E-state index contributed by atoms with van der Waals surface area (Å²) in [7, 11) is 3.35. The van der Waals surface area contributed by atoms with E-state index in [1.165, 1.54) is 16.7 Å². The highest BCUT2D eigenvalue weighted by Gasteiger charge is 2.22. The molecule has 0 saturated carbocycles. The zero-order chi connectivity index (χ0) is 21.8. The maximum atomic E-state index is 5.51. The van der Waals surface area contributed by atoms with Crippen molar-refractivity contribution < 1.29 is 9.47 Å². The van der Waals surface area contributed by atoms with Crippen molar-refractivity contribution in [1.29, 1.82) is 0 Å². The van der Waals surface area contributed by atoms with Crippen molar-refractivity contribution in [1.82, 2.24) is 9.97 Å². The zero-order valence-corrected chi connectivity index (χ0v) is 18.7. The maximum Gasteiger partial charge on any atom is 0.225 e. The minimum Gasteiger partial charge on any atom is -0.493 e. The standard InChI is InChI=1S/C25H30N4O2/c1-17(2)21-14-24(28-25(27-21)26-15-18-8-6-5-7-9-18)29-11-10-19-12-22(30-3)23(31-4)13-20(19)16-29/h5-9,12-14,17H,10-11,15-16H2,1-4H3,(H,26,27,28). The van der Waals surface area contributed by atoms with Crippen molar-refractivity contribution >= 4 is 11.8 Å². The number of fused-ring (bicyclic) bond motifs is 1. The van der Waals surface area contributed by atoms with Gasteiger partial charge < -0.3 is 19.7 Å². The van der Waals surface area contributed by atoms with Crippen LogP contribution in [0.15, 0.2) is 48.5 Å². The molecule has 0 amide bonds. The summed E-state index contributed by atoms with van der Waals surface area (Å²) in [5.74, 6) is 3.49. The molecule has 0 spiro atoms. The summed E-state index contributed by atoms with van der Waals surface area (Å²) in [5, 5.41) is 3.40. The molecule has 1 aromatic heterocycles. The molecule has 0 fully saturated rings. The lowest BCUT2D eigenvalue weighted by Gasteiger charge is -2.31. The average molecular weight is 419 g/mol. The Bertz CT molecular complexity index is 1040. The summed E-state index contributed by atoms with van der Waals surface area (Å²) in [5.41, 5.74) is 4.79. The Labute approximate surface area is 184 Å². The maximum absolute atomic E-state index is 5.51. The van der Waals surface area contributed by atoms with E-state index < -0.39 is 0 Å². The number of methoxy groups -OCH3 is 2. The molecule has 3 aromatic rings. The van der Waals surface area contributed by atoms with Gasteiger partial charge >= 0.3 is 0 Å². The lowest BCUT2D eigenvalue weighted by atomic mass is 9.98. The van der Waals surface area contributed by atoms with Crippen molar-refractivity contribution in [3.05, 3.63) is 70.9 Å². The average Bonchev–Trinajstić information content (AvgIpc) is 2.81. The van der Waals surface area contributed by atoms with Crippen molar-refractivity contribution in [3.63, 3.8) is 0 Å². The van der Waals surface area contributed by atoms with E-state index in [-0.39, 0.29) is 0 Å². The van der Waals surface area contributed by atoms with E-state index in [0.29, 0.717) is 18.4 Å². The number of anilines is 2. The molecule has 0 radical (unpaired) electrons. The van der Waals surface area contributed by atoms with Gasteiger partial charge in [-0.2, -0.15) is 4.98 Å². The fraction of sp³-hybridized carbons (Fsp3) is 0.360. The first-order valence-corrected chi connectivity index (χ1v) is 10.7. The summed E-state index contributed by atoms with van der Waals surface area (Å²) in [6.07, 6.45) is 0.934. The van der Waals surface area contributed by atoms with Crippen LogP contribution in [0.2, 0.25) is 0 Å². The van der Waals surface area contributed by atoms with Gasteiger partial charge in [-0.15, -0.1) is 0 Å². The number of aromatic nitrogens is 2.